The van der Waals surface area contributed by atoms with E-state index in [9.17, 15) is 9.59 Å². The van der Waals surface area contributed by atoms with Crippen LogP contribution in [0.4, 0.5) is 11.4 Å². The molecule has 2 aromatic rings. The van der Waals surface area contributed by atoms with Gasteiger partial charge in [-0.05, 0) is 30.7 Å². The van der Waals surface area contributed by atoms with Gasteiger partial charge in [0.15, 0.2) is 0 Å². The highest BCUT2D eigenvalue weighted by molar-refractivity contribution is 6.01. The predicted molar refractivity (Wildman–Crippen MR) is 102 cm³/mol. The SMILES string of the molecule is Cc1ccccc1C(=O)NCC(=O)Nc1ccccc1N1CCOCC1. The van der Waals surface area contributed by atoms with Gasteiger partial charge in [0.2, 0.25) is 5.91 Å². The van der Waals surface area contributed by atoms with Gasteiger partial charge in [0, 0.05) is 18.7 Å². The van der Waals surface area contributed by atoms with E-state index in [-0.39, 0.29) is 18.4 Å². The average molecular weight is 353 g/mol. The van der Waals surface area contributed by atoms with E-state index >= 15 is 0 Å². The molecule has 0 radical (unpaired) electrons. The van der Waals surface area contributed by atoms with Crippen molar-refractivity contribution in [2.75, 3.05) is 43.1 Å². The fraction of sp³-hybridized carbons (Fsp3) is 0.300. The van der Waals surface area contributed by atoms with Gasteiger partial charge in [-0.1, -0.05) is 30.3 Å². The second-order valence-corrected chi connectivity index (χ2v) is 6.16. The number of nitrogens with zero attached hydrogens (tertiary/aromatic N) is 1. The van der Waals surface area contributed by atoms with Gasteiger partial charge >= 0.3 is 0 Å². The van der Waals surface area contributed by atoms with E-state index in [2.05, 4.69) is 15.5 Å². The van der Waals surface area contributed by atoms with Crippen molar-refractivity contribution in [3.05, 3.63) is 59.7 Å². The van der Waals surface area contributed by atoms with Crippen molar-refractivity contribution in [2.24, 2.45) is 0 Å². The molecule has 6 heteroatoms. The molecule has 2 N–H and O–H groups in total. The van der Waals surface area contributed by atoms with Crippen LogP contribution in [0.3, 0.4) is 0 Å². The summed E-state index contributed by atoms with van der Waals surface area (Å²) in [4.78, 5) is 26.7. The highest BCUT2D eigenvalue weighted by Gasteiger charge is 2.16. The molecule has 0 spiro atoms. The van der Waals surface area contributed by atoms with Gasteiger partial charge in [0.1, 0.15) is 0 Å². The normalized spacial score (nSPS) is 14.0. The minimum absolute atomic E-state index is 0.0788. The number of carbonyl (C=O) groups is 2. The summed E-state index contributed by atoms with van der Waals surface area (Å²) in [7, 11) is 0. The molecule has 3 rings (SSSR count). The first kappa shape index (κ1) is 17.9. The number of carbonyl (C=O) groups excluding carboxylic acids is 2. The number of amides is 2. The lowest BCUT2D eigenvalue weighted by molar-refractivity contribution is -0.115. The lowest BCUT2D eigenvalue weighted by Gasteiger charge is -2.30. The molecule has 136 valence electrons. The number of anilines is 2. The van der Waals surface area contributed by atoms with Crippen LogP contribution in [0, 0.1) is 6.92 Å². The molecule has 2 aromatic carbocycles. The Kier molecular flexibility index (Phi) is 5.86. The molecule has 1 aliphatic heterocycles. The number of para-hydroxylation sites is 2. The van der Waals surface area contributed by atoms with Gasteiger partial charge < -0.3 is 20.3 Å². The topological polar surface area (TPSA) is 70.7 Å². The van der Waals surface area contributed by atoms with Gasteiger partial charge in [-0.3, -0.25) is 9.59 Å². The quantitative estimate of drug-likeness (QED) is 0.865. The Balaban J connectivity index is 1.60. The van der Waals surface area contributed by atoms with Gasteiger partial charge in [-0.25, -0.2) is 0 Å². The number of rotatable bonds is 5. The number of hydrogen-bond donors (Lipinski definition) is 2. The van der Waals surface area contributed by atoms with E-state index in [1.165, 1.54) is 0 Å². The van der Waals surface area contributed by atoms with Crippen molar-refractivity contribution in [3.63, 3.8) is 0 Å². The Hall–Kier alpha value is -2.86. The third-order valence-corrected chi connectivity index (χ3v) is 4.33. The monoisotopic (exact) mass is 353 g/mol. The molecule has 0 atom stereocenters. The number of aryl methyl sites for hydroxylation is 1. The minimum atomic E-state index is -0.257. The van der Waals surface area contributed by atoms with Gasteiger partial charge in [-0.15, -0.1) is 0 Å². The molecule has 0 bridgehead atoms. The van der Waals surface area contributed by atoms with Crippen molar-refractivity contribution in [1.29, 1.82) is 0 Å². The van der Waals surface area contributed by atoms with Crippen molar-refractivity contribution in [3.8, 4) is 0 Å². The summed E-state index contributed by atoms with van der Waals surface area (Å²) in [5.74, 6) is -0.507. The number of benzene rings is 2. The lowest BCUT2D eigenvalue weighted by atomic mass is 10.1. The summed E-state index contributed by atoms with van der Waals surface area (Å²) in [5.41, 5.74) is 3.16. The summed E-state index contributed by atoms with van der Waals surface area (Å²) in [5, 5.41) is 5.57. The maximum Gasteiger partial charge on any atom is 0.251 e. The maximum absolute atomic E-state index is 12.3. The average Bonchev–Trinajstić information content (AvgIpc) is 2.67. The standard InChI is InChI=1S/C20H23N3O3/c1-15-6-2-3-7-16(15)20(25)21-14-19(24)22-17-8-4-5-9-18(17)23-10-12-26-13-11-23/h2-9H,10-14H2,1H3,(H,21,25)(H,22,24). The molecule has 0 unspecified atom stereocenters. The van der Waals surface area contributed by atoms with Crippen molar-refractivity contribution in [1.82, 2.24) is 5.32 Å². The molecule has 1 fully saturated rings. The number of nitrogens with one attached hydrogen (secondary N) is 2. The molecule has 26 heavy (non-hydrogen) atoms. The van der Waals surface area contributed by atoms with Crippen molar-refractivity contribution in [2.45, 2.75) is 6.92 Å². The first-order valence-corrected chi connectivity index (χ1v) is 8.70. The molecule has 1 saturated heterocycles. The second kappa shape index (κ2) is 8.49. The zero-order valence-electron chi connectivity index (χ0n) is 14.8. The first-order valence-electron chi connectivity index (χ1n) is 8.70. The van der Waals surface area contributed by atoms with Crippen molar-refractivity contribution >= 4 is 23.2 Å². The zero-order valence-corrected chi connectivity index (χ0v) is 14.8. The highest BCUT2D eigenvalue weighted by Crippen LogP contribution is 2.26. The molecule has 2 amide bonds. The smallest absolute Gasteiger partial charge is 0.251 e. The Labute approximate surface area is 153 Å². The van der Waals surface area contributed by atoms with Crippen LogP contribution < -0.4 is 15.5 Å². The first-order chi connectivity index (χ1) is 12.6. The Morgan fingerprint density at radius 2 is 1.73 bits per heavy atom. The largest absolute Gasteiger partial charge is 0.378 e. The molecule has 0 aromatic heterocycles. The van der Waals surface area contributed by atoms with E-state index in [1.807, 2.05) is 43.3 Å². The summed E-state index contributed by atoms with van der Waals surface area (Å²) >= 11 is 0. The summed E-state index contributed by atoms with van der Waals surface area (Å²) < 4.78 is 5.38. The van der Waals surface area contributed by atoms with Crippen LogP contribution >= 0.6 is 0 Å². The summed E-state index contributed by atoms with van der Waals surface area (Å²) in [6.45, 7) is 4.72. The Bertz CT molecular complexity index is 785. The zero-order chi connectivity index (χ0) is 18.4. The van der Waals surface area contributed by atoms with E-state index < -0.39 is 0 Å². The molecule has 0 aliphatic carbocycles. The molecular formula is C20H23N3O3. The number of ether oxygens (including phenoxy) is 1. The van der Waals surface area contributed by atoms with E-state index in [1.54, 1.807) is 12.1 Å². The van der Waals surface area contributed by atoms with Crippen LogP contribution in [-0.4, -0.2) is 44.7 Å². The van der Waals surface area contributed by atoms with Gasteiger partial charge in [0.25, 0.3) is 5.91 Å². The Morgan fingerprint density at radius 1 is 1.04 bits per heavy atom. The highest BCUT2D eigenvalue weighted by atomic mass is 16.5. The van der Waals surface area contributed by atoms with Crippen molar-refractivity contribution < 1.29 is 14.3 Å². The van der Waals surface area contributed by atoms with Gasteiger partial charge in [0.05, 0.1) is 31.1 Å². The van der Waals surface area contributed by atoms with E-state index in [0.717, 1.165) is 30.0 Å². The predicted octanol–water partition coefficient (Wildman–Crippen LogP) is 2.20. The van der Waals surface area contributed by atoms with E-state index in [4.69, 9.17) is 4.74 Å². The fourth-order valence-electron chi connectivity index (χ4n) is 2.94. The minimum Gasteiger partial charge on any atom is -0.378 e. The van der Waals surface area contributed by atoms with Crippen LogP contribution in [0.5, 0.6) is 0 Å². The third kappa shape index (κ3) is 4.40. The summed E-state index contributed by atoms with van der Waals surface area (Å²) in [6.07, 6.45) is 0. The summed E-state index contributed by atoms with van der Waals surface area (Å²) in [6, 6.07) is 15.0. The molecule has 0 saturated carbocycles. The third-order valence-electron chi connectivity index (χ3n) is 4.33. The molecular weight excluding hydrogens is 330 g/mol. The molecule has 6 nitrogen and oxygen atoms in total. The molecule has 1 heterocycles. The van der Waals surface area contributed by atoms with Crippen LogP contribution in [0.2, 0.25) is 0 Å². The van der Waals surface area contributed by atoms with Gasteiger partial charge in [-0.2, -0.15) is 0 Å². The molecule has 1 aliphatic rings. The van der Waals surface area contributed by atoms with E-state index in [0.29, 0.717) is 18.8 Å². The maximum atomic E-state index is 12.3. The lowest BCUT2D eigenvalue weighted by Crippen LogP contribution is -2.37. The van der Waals surface area contributed by atoms with Crippen LogP contribution in [-0.2, 0) is 9.53 Å². The van der Waals surface area contributed by atoms with Crippen LogP contribution in [0.1, 0.15) is 15.9 Å². The number of morpholine rings is 1. The van der Waals surface area contributed by atoms with Crippen LogP contribution in [0.15, 0.2) is 48.5 Å². The number of hydrogen-bond acceptors (Lipinski definition) is 4. The second-order valence-electron chi connectivity index (χ2n) is 6.16. The Morgan fingerprint density at radius 3 is 2.50 bits per heavy atom. The fourth-order valence-corrected chi connectivity index (χ4v) is 2.94. The van der Waals surface area contributed by atoms with Crippen LogP contribution in [0.25, 0.3) is 0 Å².